The topological polar surface area (TPSA) is 52.6 Å². The zero-order chi connectivity index (χ0) is 15.2. The van der Waals surface area contributed by atoms with E-state index in [4.69, 9.17) is 9.47 Å². The third-order valence-electron chi connectivity index (χ3n) is 3.20. The molecular formula is C16H20O4. The molecular weight excluding hydrogens is 256 g/mol. The van der Waals surface area contributed by atoms with E-state index >= 15 is 0 Å². The maximum Gasteiger partial charge on any atom is 0.328 e. The van der Waals surface area contributed by atoms with E-state index in [2.05, 4.69) is 5.73 Å². The Bertz CT molecular complexity index is 485. The number of carbonyl (C=O) groups excluding carboxylic acids is 2. The van der Waals surface area contributed by atoms with Crippen molar-refractivity contribution in [3.63, 3.8) is 0 Å². The zero-order valence-electron chi connectivity index (χ0n) is 12.3. The molecule has 0 saturated heterocycles. The van der Waals surface area contributed by atoms with Crippen LogP contribution in [0.25, 0.3) is 0 Å². The molecule has 1 rings (SSSR count). The van der Waals surface area contributed by atoms with Gasteiger partial charge >= 0.3 is 11.9 Å². The highest BCUT2D eigenvalue weighted by Crippen LogP contribution is 2.37. The Morgan fingerprint density at radius 1 is 1.20 bits per heavy atom. The third kappa shape index (κ3) is 3.09. The number of hydrogen-bond donors (Lipinski definition) is 0. The van der Waals surface area contributed by atoms with Gasteiger partial charge in [-0.2, -0.15) is 0 Å². The summed E-state index contributed by atoms with van der Waals surface area (Å²) in [5, 5.41) is 0. The fourth-order valence-corrected chi connectivity index (χ4v) is 2.13. The minimum atomic E-state index is -1.50. The first kappa shape index (κ1) is 16.0. The molecule has 0 amide bonds. The van der Waals surface area contributed by atoms with Crippen molar-refractivity contribution in [1.29, 1.82) is 0 Å². The van der Waals surface area contributed by atoms with E-state index in [1.165, 1.54) is 20.3 Å². The Kier molecular flexibility index (Phi) is 5.53. The lowest BCUT2D eigenvalue weighted by molar-refractivity contribution is -0.167. The minimum Gasteiger partial charge on any atom is -0.468 e. The molecule has 1 atom stereocenters. The van der Waals surface area contributed by atoms with Crippen LogP contribution in [0.1, 0.15) is 20.3 Å². The van der Waals surface area contributed by atoms with Crippen LogP contribution in [0.5, 0.6) is 0 Å². The van der Waals surface area contributed by atoms with E-state index in [9.17, 15) is 9.59 Å². The number of hydrogen-bond acceptors (Lipinski definition) is 4. The Morgan fingerprint density at radius 2 is 1.80 bits per heavy atom. The highest BCUT2D eigenvalue weighted by Gasteiger charge is 2.51. The fourth-order valence-electron chi connectivity index (χ4n) is 2.13. The highest BCUT2D eigenvalue weighted by atomic mass is 16.5. The minimum absolute atomic E-state index is 0.348. The lowest BCUT2D eigenvalue weighted by Crippen LogP contribution is -2.45. The smallest absolute Gasteiger partial charge is 0.328 e. The molecule has 0 aromatic heterocycles. The lowest BCUT2D eigenvalue weighted by atomic mass is 9.72. The van der Waals surface area contributed by atoms with Gasteiger partial charge in [0.05, 0.1) is 14.2 Å². The number of methoxy groups -OCH3 is 2. The second kappa shape index (κ2) is 6.92. The van der Waals surface area contributed by atoms with Crippen LogP contribution >= 0.6 is 0 Å². The van der Waals surface area contributed by atoms with Gasteiger partial charge in [0, 0.05) is 5.92 Å². The number of esters is 2. The molecule has 0 heterocycles. The summed E-state index contributed by atoms with van der Waals surface area (Å²) < 4.78 is 9.69. The SMILES string of the molecule is COC(=O)C(C=C=C(C)C)(C(=O)OC)C1C=CC=CC1. The summed E-state index contributed by atoms with van der Waals surface area (Å²) in [5.74, 6) is -1.62. The summed E-state index contributed by atoms with van der Waals surface area (Å²) in [4.78, 5) is 24.6. The van der Waals surface area contributed by atoms with Gasteiger partial charge in [0.1, 0.15) is 0 Å². The summed E-state index contributed by atoms with van der Waals surface area (Å²) in [6.07, 6.45) is 9.43. The normalized spacial score (nSPS) is 17.1. The van der Waals surface area contributed by atoms with Crippen molar-refractivity contribution in [3.8, 4) is 0 Å². The molecule has 1 unspecified atom stereocenters. The zero-order valence-corrected chi connectivity index (χ0v) is 12.3. The molecule has 0 aromatic carbocycles. The van der Waals surface area contributed by atoms with E-state index in [0.717, 1.165) is 5.57 Å². The first-order valence-electron chi connectivity index (χ1n) is 6.40. The van der Waals surface area contributed by atoms with Gasteiger partial charge in [0.25, 0.3) is 0 Å². The van der Waals surface area contributed by atoms with Crippen LogP contribution in [-0.2, 0) is 19.1 Å². The Morgan fingerprint density at radius 3 is 2.20 bits per heavy atom. The third-order valence-corrected chi connectivity index (χ3v) is 3.20. The monoisotopic (exact) mass is 276 g/mol. The van der Waals surface area contributed by atoms with Crippen molar-refractivity contribution in [2.24, 2.45) is 11.3 Å². The fraction of sp³-hybridized carbons (Fsp3) is 0.438. The van der Waals surface area contributed by atoms with Gasteiger partial charge in [-0.15, -0.1) is 5.73 Å². The van der Waals surface area contributed by atoms with Gasteiger partial charge in [-0.25, -0.2) is 0 Å². The van der Waals surface area contributed by atoms with Crippen molar-refractivity contribution in [3.05, 3.63) is 41.7 Å². The summed E-state index contributed by atoms with van der Waals surface area (Å²) in [7, 11) is 2.53. The average molecular weight is 276 g/mol. The van der Waals surface area contributed by atoms with E-state index in [-0.39, 0.29) is 5.92 Å². The molecule has 1 aliphatic rings. The van der Waals surface area contributed by atoms with Gasteiger partial charge in [0.15, 0.2) is 5.41 Å². The molecule has 0 radical (unpaired) electrons. The molecule has 0 spiro atoms. The first-order valence-corrected chi connectivity index (χ1v) is 6.40. The molecule has 20 heavy (non-hydrogen) atoms. The van der Waals surface area contributed by atoms with Crippen LogP contribution in [0.15, 0.2) is 41.7 Å². The molecule has 0 fully saturated rings. The van der Waals surface area contributed by atoms with Crippen LogP contribution in [0, 0.1) is 11.3 Å². The van der Waals surface area contributed by atoms with Crippen molar-refractivity contribution in [2.75, 3.05) is 14.2 Å². The van der Waals surface area contributed by atoms with Crippen molar-refractivity contribution < 1.29 is 19.1 Å². The Hall–Kier alpha value is -2.06. The molecule has 4 heteroatoms. The molecule has 0 N–H and O–H groups in total. The molecule has 0 saturated carbocycles. The summed E-state index contributed by atoms with van der Waals surface area (Å²) in [6, 6.07) is 0. The second-order valence-electron chi connectivity index (χ2n) is 4.80. The standard InChI is InChI=1S/C16H20O4/c1-12(2)10-11-16(14(17)19-3,15(18)20-4)13-8-6-5-7-9-13/h5-8,11,13H,9H2,1-4H3. The van der Waals surface area contributed by atoms with E-state index in [1.807, 2.05) is 38.2 Å². The lowest BCUT2D eigenvalue weighted by Gasteiger charge is -2.31. The molecule has 0 aromatic rings. The summed E-state index contributed by atoms with van der Waals surface area (Å²) >= 11 is 0. The van der Waals surface area contributed by atoms with E-state index in [1.54, 1.807) is 0 Å². The van der Waals surface area contributed by atoms with Crippen LogP contribution in [-0.4, -0.2) is 26.2 Å². The van der Waals surface area contributed by atoms with Crippen LogP contribution in [0.4, 0.5) is 0 Å². The Labute approximate surface area is 119 Å². The van der Waals surface area contributed by atoms with Crippen LogP contribution in [0.2, 0.25) is 0 Å². The van der Waals surface area contributed by atoms with Gasteiger partial charge in [0.2, 0.25) is 0 Å². The van der Waals surface area contributed by atoms with Crippen LogP contribution in [0.3, 0.4) is 0 Å². The number of allylic oxidation sites excluding steroid dienone is 4. The molecule has 1 aliphatic carbocycles. The van der Waals surface area contributed by atoms with Crippen molar-refractivity contribution >= 4 is 11.9 Å². The molecule has 108 valence electrons. The van der Waals surface area contributed by atoms with Gasteiger partial charge in [-0.3, -0.25) is 9.59 Å². The second-order valence-corrected chi connectivity index (χ2v) is 4.80. The maximum absolute atomic E-state index is 12.3. The van der Waals surface area contributed by atoms with Crippen molar-refractivity contribution in [2.45, 2.75) is 20.3 Å². The van der Waals surface area contributed by atoms with E-state index < -0.39 is 17.4 Å². The highest BCUT2D eigenvalue weighted by molar-refractivity contribution is 6.03. The van der Waals surface area contributed by atoms with Gasteiger partial charge in [-0.1, -0.05) is 24.3 Å². The maximum atomic E-state index is 12.3. The largest absolute Gasteiger partial charge is 0.468 e. The van der Waals surface area contributed by atoms with Gasteiger partial charge in [-0.05, 0) is 31.9 Å². The first-order chi connectivity index (χ1) is 9.48. The average Bonchev–Trinajstić information content (AvgIpc) is 2.47. The summed E-state index contributed by atoms with van der Waals surface area (Å²) in [6.45, 7) is 3.68. The number of rotatable bonds is 4. The van der Waals surface area contributed by atoms with Gasteiger partial charge < -0.3 is 9.47 Å². The summed E-state index contributed by atoms with van der Waals surface area (Å²) in [5.41, 5.74) is 2.31. The van der Waals surface area contributed by atoms with Crippen LogP contribution < -0.4 is 0 Å². The predicted molar refractivity (Wildman–Crippen MR) is 75.8 cm³/mol. The quantitative estimate of drug-likeness (QED) is 0.450. The van der Waals surface area contributed by atoms with E-state index in [0.29, 0.717) is 6.42 Å². The van der Waals surface area contributed by atoms with Crippen molar-refractivity contribution in [1.82, 2.24) is 0 Å². The molecule has 0 bridgehead atoms. The molecule has 4 nitrogen and oxygen atoms in total. The Balaban J connectivity index is 3.44. The predicted octanol–water partition coefficient (Wildman–Crippen LogP) is 2.57. The number of carbonyl (C=O) groups is 2. The number of ether oxygens (including phenoxy) is 2. The molecule has 0 aliphatic heterocycles.